The van der Waals surface area contributed by atoms with Crippen LogP contribution in [0, 0.1) is 0 Å². The molecule has 1 fully saturated rings. The third kappa shape index (κ3) is 8.48. The molecule has 4 aromatic rings. The molecule has 3 heterocycles. The number of hydrogen-bond acceptors (Lipinski definition) is 11. The van der Waals surface area contributed by atoms with E-state index in [1.165, 1.54) is 17.7 Å². The first-order valence-corrected chi connectivity index (χ1v) is 17.5. The van der Waals surface area contributed by atoms with Crippen LogP contribution < -0.4 is 20.1 Å². The molecule has 222 valence electrons. The SMILES string of the molecule is COc1cc(SCc2ccc(CN3CCSCC3)o2)ccc1Nc1ncc(Cl)c(Nc2ccccc2NS(C)(=O)=O)n1. The van der Waals surface area contributed by atoms with Crippen molar-refractivity contribution in [2.24, 2.45) is 0 Å². The maximum Gasteiger partial charge on any atom is 0.229 e. The Kier molecular flexibility index (Phi) is 10.1. The van der Waals surface area contributed by atoms with E-state index in [0.29, 0.717) is 34.4 Å². The Bertz CT molecular complexity index is 1630. The van der Waals surface area contributed by atoms with Crippen molar-refractivity contribution < 1.29 is 17.6 Å². The number of sulfonamides is 1. The zero-order valence-corrected chi connectivity index (χ0v) is 26.3. The van der Waals surface area contributed by atoms with Crippen LogP contribution in [-0.4, -0.2) is 61.2 Å². The molecule has 1 aliphatic heterocycles. The van der Waals surface area contributed by atoms with Crippen molar-refractivity contribution in [3.05, 3.63) is 77.3 Å². The lowest BCUT2D eigenvalue weighted by molar-refractivity contribution is 0.265. The summed E-state index contributed by atoms with van der Waals surface area (Å²) in [5.41, 5.74) is 1.53. The highest BCUT2D eigenvalue weighted by molar-refractivity contribution is 7.99. The molecular weight excluding hydrogens is 616 g/mol. The van der Waals surface area contributed by atoms with Gasteiger partial charge >= 0.3 is 0 Å². The van der Waals surface area contributed by atoms with Gasteiger partial charge in [-0.3, -0.25) is 9.62 Å². The first kappa shape index (κ1) is 30.4. The molecule has 0 bridgehead atoms. The maximum absolute atomic E-state index is 11.8. The molecule has 42 heavy (non-hydrogen) atoms. The van der Waals surface area contributed by atoms with E-state index in [0.717, 1.165) is 42.3 Å². The molecule has 0 aliphatic carbocycles. The number of hydrogen-bond donors (Lipinski definition) is 3. The molecule has 1 saturated heterocycles. The van der Waals surface area contributed by atoms with Gasteiger partial charge < -0.3 is 19.8 Å². The molecular formula is C28H31ClN6O4S3. The van der Waals surface area contributed by atoms with Gasteiger partial charge in [-0.05, 0) is 42.5 Å². The Morgan fingerprint density at radius 2 is 1.81 bits per heavy atom. The lowest BCUT2D eigenvalue weighted by Crippen LogP contribution is -2.31. The molecule has 0 spiro atoms. The Hall–Kier alpha value is -3.10. The first-order chi connectivity index (χ1) is 20.3. The van der Waals surface area contributed by atoms with Crippen molar-refractivity contribution in [1.82, 2.24) is 14.9 Å². The van der Waals surface area contributed by atoms with Gasteiger partial charge in [-0.25, -0.2) is 13.4 Å². The van der Waals surface area contributed by atoms with Gasteiger partial charge in [0.15, 0.2) is 5.82 Å². The quantitative estimate of drug-likeness (QED) is 0.148. The largest absolute Gasteiger partial charge is 0.495 e. The second-order valence-electron chi connectivity index (χ2n) is 9.47. The number of halogens is 1. The van der Waals surface area contributed by atoms with Crippen molar-refractivity contribution in [3.8, 4) is 5.75 Å². The van der Waals surface area contributed by atoms with E-state index in [-0.39, 0.29) is 11.0 Å². The number of para-hydroxylation sites is 2. The Labute approximate surface area is 259 Å². The van der Waals surface area contributed by atoms with Crippen molar-refractivity contribution >= 4 is 74.0 Å². The summed E-state index contributed by atoms with van der Waals surface area (Å²) in [6.07, 6.45) is 2.55. The maximum atomic E-state index is 11.8. The summed E-state index contributed by atoms with van der Waals surface area (Å²) < 4.78 is 37.8. The molecule has 0 radical (unpaired) electrons. The van der Waals surface area contributed by atoms with Gasteiger partial charge in [-0.15, -0.1) is 11.8 Å². The molecule has 0 saturated carbocycles. The molecule has 14 heteroatoms. The molecule has 1 aliphatic rings. The molecule has 5 rings (SSSR count). The molecule has 2 aromatic carbocycles. The summed E-state index contributed by atoms with van der Waals surface area (Å²) >= 11 is 10.0. The minimum Gasteiger partial charge on any atom is -0.495 e. The van der Waals surface area contributed by atoms with Gasteiger partial charge in [0.25, 0.3) is 0 Å². The average Bonchev–Trinajstić information content (AvgIpc) is 3.42. The van der Waals surface area contributed by atoms with Crippen molar-refractivity contribution in [1.29, 1.82) is 0 Å². The van der Waals surface area contributed by atoms with Crippen LogP contribution >= 0.6 is 35.1 Å². The summed E-state index contributed by atoms with van der Waals surface area (Å²) in [4.78, 5) is 12.2. The standard InChI is InChI=1S/C28H31ClN6O4S3/c1-38-26-15-21(41-18-20-8-7-19(39-20)17-35-11-13-40-14-12-35)9-10-25(26)32-28-30-16-22(29)27(33-28)31-23-5-3-4-6-24(23)34-42(2,36)37/h3-10,15-16,34H,11-14,17-18H2,1-2H3,(H2,30,31,32,33). The first-order valence-electron chi connectivity index (χ1n) is 13.1. The highest BCUT2D eigenvalue weighted by Crippen LogP contribution is 2.35. The third-order valence-corrected chi connectivity index (χ3v) is 9.05. The van der Waals surface area contributed by atoms with E-state index in [4.69, 9.17) is 20.8 Å². The van der Waals surface area contributed by atoms with Crippen LogP contribution in [0.2, 0.25) is 5.02 Å². The number of rotatable bonds is 12. The van der Waals surface area contributed by atoms with Crippen LogP contribution in [0.4, 0.5) is 28.8 Å². The fourth-order valence-corrected chi connectivity index (χ4v) is 6.74. The van der Waals surface area contributed by atoms with Crippen molar-refractivity contribution in [2.45, 2.75) is 17.2 Å². The summed E-state index contributed by atoms with van der Waals surface area (Å²) in [6.45, 7) is 3.06. The van der Waals surface area contributed by atoms with Crippen LogP contribution in [0.1, 0.15) is 11.5 Å². The fourth-order valence-electron chi connectivity index (χ4n) is 4.23. The zero-order valence-electron chi connectivity index (χ0n) is 23.1. The molecule has 0 unspecified atom stereocenters. The normalized spacial score (nSPS) is 14.0. The lowest BCUT2D eigenvalue weighted by atomic mass is 10.2. The molecule has 0 atom stereocenters. The Morgan fingerprint density at radius 3 is 2.57 bits per heavy atom. The van der Waals surface area contributed by atoms with Crippen LogP contribution in [-0.2, 0) is 22.3 Å². The second-order valence-corrected chi connectivity index (χ2v) is 13.9. The van der Waals surface area contributed by atoms with E-state index < -0.39 is 10.0 Å². The van der Waals surface area contributed by atoms with Crippen LogP contribution in [0.15, 0.2) is 70.1 Å². The van der Waals surface area contributed by atoms with Crippen LogP contribution in [0.3, 0.4) is 0 Å². The van der Waals surface area contributed by atoms with E-state index in [2.05, 4.69) is 36.3 Å². The number of furan rings is 1. The number of anilines is 5. The zero-order chi connectivity index (χ0) is 29.5. The number of nitrogens with one attached hydrogen (secondary N) is 3. The minimum atomic E-state index is -3.48. The van der Waals surface area contributed by atoms with E-state index in [9.17, 15) is 8.42 Å². The number of thioether (sulfide) groups is 2. The number of ether oxygens (including phenoxy) is 1. The van der Waals surface area contributed by atoms with Crippen molar-refractivity contribution in [2.75, 3.05) is 53.3 Å². The van der Waals surface area contributed by atoms with Gasteiger partial charge in [-0.2, -0.15) is 16.7 Å². The summed E-state index contributed by atoms with van der Waals surface area (Å²) in [7, 11) is -1.87. The van der Waals surface area contributed by atoms with Crippen LogP contribution in [0.25, 0.3) is 0 Å². The van der Waals surface area contributed by atoms with Crippen molar-refractivity contribution in [3.63, 3.8) is 0 Å². The van der Waals surface area contributed by atoms with Gasteiger partial charge in [0, 0.05) is 29.5 Å². The average molecular weight is 647 g/mol. The summed E-state index contributed by atoms with van der Waals surface area (Å²) in [6, 6.07) is 16.8. The summed E-state index contributed by atoms with van der Waals surface area (Å²) in [5.74, 6) is 6.21. The number of methoxy groups -OCH3 is 1. The molecule has 2 aromatic heterocycles. The highest BCUT2D eigenvalue weighted by Gasteiger charge is 2.15. The summed E-state index contributed by atoms with van der Waals surface area (Å²) in [5, 5.41) is 6.54. The molecule has 0 amide bonds. The number of nitrogens with zero attached hydrogens (tertiary/aromatic N) is 3. The topological polar surface area (TPSA) is 122 Å². The number of aromatic nitrogens is 2. The van der Waals surface area contributed by atoms with Gasteiger partial charge in [0.2, 0.25) is 16.0 Å². The second kappa shape index (κ2) is 13.9. The lowest BCUT2D eigenvalue weighted by Gasteiger charge is -2.24. The number of benzene rings is 2. The Morgan fingerprint density at radius 1 is 1.05 bits per heavy atom. The van der Waals surface area contributed by atoms with Gasteiger partial charge in [0.05, 0.1) is 48.9 Å². The Balaban J connectivity index is 1.24. The highest BCUT2D eigenvalue weighted by atomic mass is 35.5. The van der Waals surface area contributed by atoms with Crippen LogP contribution in [0.5, 0.6) is 5.75 Å². The fraction of sp³-hybridized carbons (Fsp3) is 0.286. The van der Waals surface area contributed by atoms with E-state index in [1.807, 2.05) is 36.0 Å². The van der Waals surface area contributed by atoms with Gasteiger partial charge in [-0.1, -0.05) is 23.7 Å². The molecule has 10 nitrogen and oxygen atoms in total. The third-order valence-electron chi connectivity index (χ3n) is 6.22. The smallest absolute Gasteiger partial charge is 0.229 e. The molecule has 3 N–H and O–H groups in total. The predicted molar refractivity (Wildman–Crippen MR) is 172 cm³/mol. The predicted octanol–water partition coefficient (Wildman–Crippen LogP) is 6.43. The van der Waals surface area contributed by atoms with E-state index >= 15 is 0 Å². The minimum absolute atomic E-state index is 0.268. The van der Waals surface area contributed by atoms with Gasteiger partial charge in [0.1, 0.15) is 22.3 Å². The van der Waals surface area contributed by atoms with E-state index in [1.54, 1.807) is 43.1 Å². The monoisotopic (exact) mass is 646 g/mol.